The van der Waals surface area contributed by atoms with Crippen LogP contribution in [0.1, 0.15) is 41.3 Å². The highest BCUT2D eigenvalue weighted by molar-refractivity contribution is 6.34. The van der Waals surface area contributed by atoms with Crippen molar-refractivity contribution >= 4 is 29.9 Å². The minimum absolute atomic E-state index is 0. The summed E-state index contributed by atoms with van der Waals surface area (Å²) in [4.78, 5) is 14.6. The Balaban J connectivity index is 0.00000147. The second-order valence-electron chi connectivity index (χ2n) is 5.43. The van der Waals surface area contributed by atoms with E-state index in [1.807, 2.05) is 6.07 Å². The number of benzene rings is 1. The van der Waals surface area contributed by atoms with Gasteiger partial charge in [0.15, 0.2) is 0 Å². The van der Waals surface area contributed by atoms with Crippen LogP contribution in [-0.2, 0) is 6.42 Å². The number of likely N-dealkylation sites (N-methyl/N-ethyl adjacent to an activating group) is 1. The van der Waals surface area contributed by atoms with Crippen molar-refractivity contribution in [2.45, 2.75) is 32.2 Å². The molecule has 2 aliphatic heterocycles. The molecule has 2 heterocycles. The van der Waals surface area contributed by atoms with E-state index < -0.39 is 0 Å². The van der Waals surface area contributed by atoms with Crippen LogP contribution in [0.3, 0.4) is 0 Å². The molecule has 0 bridgehead atoms. The van der Waals surface area contributed by atoms with E-state index in [0.717, 1.165) is 31.6 Å². The van der Waals surface area contributed by atoms with Gasteiger partial charge in [0, 0.05) is 25.0 Å². The molecule has 1 fully saturated rings. The lowest BCUT2D eigenvalue weighted by Crippen LogP contribution is -2.44. The van der Waals surface area contributed by atoms with Gasteiger partial charge in [-0.3, -0.25) is 4.79 Å². The second-order valence-corrected chi connectivity index (χ2v) is 5.84. The lowest BCUT2D eigenvalue weighted by molar-refractivity contribution is 0.0923. The molecule has 3 nitrogen and oxygen atoms in total. The van der Waals surface area contributed by atoms with E-state index in [0.29, 0.717) is 16.5 Å². The zero-order valence-corrected chi connectivity index (χ0v) is 13.4. The molecule has 1 aromatic carbocycles. The van der Waals surface area contributed by atoms with Crippen LogP contribution in [0.4, 0.5) is 0 Å². The Morgan fingerprint density at radius 1 is 1.35 bits per heavy atom. The van der Waals surface area contributed by atoms with Crippen LogP contribution < -0.4 is 5.32 Å². The summed E-state index contributed by atoms with van der Waals surface area (Å²) in [5.41, 5.74) is 3.05. The predicted molar refractivity (Wildman–Crippen MR) is 84.2 cm³/mol. The molecule has 1 aromatic rings. The normalized spacial score (nSPS) is 24.6. The van der Waals surface area contributed by atoms with Gasteiger partial charge >= 0.3 is 0 Å². The van der Waals surface area contributed by atoms with Crippen LogP contribution in [0.15, 0.2) is 12.1 Å². The summed E-state index contributed by atoms with van der Waals surface area (Å²) in [5, 5.41) is 3.71. The predicted octanol–water partition coefficient (Wildman–Crippen LogP) is 2.86. The monoisotopic (exact) mass is 314 g/mol. The summed E-state index contributed by atoms with van der Waals surface area (Å²) < 4.78 is 0. The molecule has 1 amide bonds. The van der Waals surface area contributed by atoms with Crippen LogP contribution in [0.5, 0.6) is 0 Å². The molecule has 0 radical (unpaired) electrons. The van der Waals surface area contributed by atoms with Gasteiger partial charge in [0.1, 0.15) is 0 Å². The number of carbonyl (C=O) groups is 1. The first-order valence-corrected chi connectivity index (χ1v) is 7.37. The number of carbonyl (C=O) groups excluding carboxylic acids is 1. The third-order valence-electron chi connectivity index (χ3n) is 4.37. The van der Waals surface area contributed by atoms with Crippen molar-refractivity contribution in [2.24, 2.45) is 0 Å². The molecule has 2 atom stereocenters. The molecule has 20 heavy (non-hydrogen) atoms. The molecule has 5 heteroatoms. The first kappa shape index (κ1) is 15.6. The number of likely N-dealkylation sites (tertiary alicyclic amines) is 1. The van der Waals surface area contributed by atoms with Crippen molar-refractivity contribution in [1.29, 1.82) is 0 Å². The van der Waals surface area contributed by atoms with Crippen molar-refractivity contribution < 1.29 is 4.79 Å². The maximum absolute atomic E-state index is 12.2. The minimum Gasteiger partial charge on any atom is -0.347 e. The van der Waals surface area contributed by atoms with Crippen molar-refractivity contribution in [3.63, 3.8) is 0 Å². The lowest BCUT2D eigenvalue weighted by Gasteiger charge is -2.29. The molecule has 0 aromatic heterocycles. The molecule has 1 saturated heterocycles. The maximum Gasteiger partial charge on any atom is 0.253 e. The van der Waals surface area contributed by atoms with E-state index in [9.17, 15) is 4.79 Å². The Kier molecular flexibility index (Phi) is 4.62. The van der Waals surface area contributed by atoms with Crippen LogP contribution in [0, 0.1) is 0 Å². The standard InChI is InChI=1S/C15H19ClN2O.ClH/c1-3-9-5-10-11-7-18(4-2)8-13(11)17-15(19)14(10)12(16)6-9;/h5-6,11,13H,3-4,7-8H2,1-2H3,(H,17,19);1H/t11-,13+;/m1./s1. The van der Waals surface area contributed by atoms with Crippen LogP contribution in [-0.4, -0.2) is 36.5 Å². The molecule has 0 unspecified atom stereocenters. The van der Waals surface area contributed by atoms with E-state index in [-0.39, 0.29) is 24.4 Å². The number of rotatable bonds is 2. The molecule has 3 rings (SSSR count). The number of fused-ring (bicyclic) bond motifs is 3. The third kappa shape index (κ3) is 2.43. The van der Waals surface area contributed by atoms with Crippen molar-refractivity contribution in [3.8, 4) is 0 Å². The summed E-state index contributed by atoms with van der Waals surface area (Å²) >= 11 is 6.31. The van der Waals surface area contributed by atoms with Gasteiger partial charge < -0.3 is 10.2 Å². The highest BCUT2D eigenvalue weighted by Gasteiger charge is 2.40. The SMILES string of the molecule is CCc1cc(Cl)c2c(c1)[C@H]1CN(CC)C[C@@H]1NC2=O.Cl. The van der Waals surface area contributed by atoms with Crippen molar-refractivity contribution in [3.05, 3.63) is 33.8 Å². The molecule has 0 spiro atoms. The van der Waals surface area contributed by atoms with E-state index in [4.69, 9.17) is 11.6 Å². The fourth-order valence-electron chi connectivity index (χ4n) is 3.27. The van der Waals surface area contributed by atoms with Crippen LogP contribution in [0.25, 0.3) is 0 Å². The van der Waals surface area contributed by atoms with E-state index in [2.05, 4.69) is 30.1 Å². The molecular formula is C15H20Cl2N2O. The Morgan fingerprint density at radius 2 is 2.10 bits per heavy atom. The topological polar surface area (TPSA) is 32.3 Å². The number of nitrogens with zero attached hydrogens (tertiary/aromatic N) is 1. The summed E-state index contributed by atoms with van der Waals surface area (Å²) in [6.45, 7) is 7.26. The largest absolute Gasteiger partial charge is 0.347 e. The number of halogens is 2. The number of nitrogens with one attached hydrogen (secondary N) is 1. The number of aryl methyl sites for hydroxylation is 1. The van der Waals surface area contributed by atoms with Gasteiger partial charge in [0.05, 0.1) is 10.6 Å². The van der Waals surface area contributed by atoms with Gasteiger partial charge in [-0.15, -0.1) is 12.4 Å². The smallest absolute Gasteiger partial charge is 0.253 e. The molecule has 0 aliphatic carbocycles. The van der Waals surface area contributed by atoms with Gasteiger partial charge in [-0.1, -0.05) is 31.5 Å². The van der Waals surface area contributed by atoms with Crippen LogP contribution in [0.2, 0.25) is 5.02 Å². The molecular weight excluding hydrogens is 295 g/mol. The molecule has 2 aliphatic rings. The van der Waals surface area contributed by atoms with Gasteiger partial charge in [-0.25, -0.2) is 0 Å². The molecule has 0 saturated carbocycles. The Labute approximate surface area is 131 Å². The van der Waals surface area contributed by atoms with Crippen LogP contribution >= 0.6 is 24.0 Å². The van der Waals surface area contributed by atoms with Crippen molar-refractivity contribution in [1.82, 2.24) is 10.2 Å². The molecule has 110 valence electrons. The minimum atomic E-state index is -0.0122. The Morgan fingerprint density at radius 3 is 2.75 bits per heavy atom. The number of hydrogen-bond donors (Lipinski definition) is 1. The Hall–Kier alpha value is -0.770. The van der Waals surface area contributed by atoms with Gasteiger partial charge in [0.2, 0.25) is 0 Å². The first-order valence-electron chi connectivity index (χ1n) is 6.99. The zero-order valence-electron chi connectivity index (χ0n) is 11.8. The Bertz CT molecular complexity index is 533. The molecule has 1 N–H and O–H groups in total. The summed E-state index contributed by atoms with van der Waals surface area (Å²) in [6, 6.07) is 4.34. The quantitative estimate of drug-likeness (QED) is 0.910. The number of hydrogen-bond acceptors (Lipinski definition) is 2. The average molecular weight is 315 g/mol. The summed E-state index contributed by atoms with van der Waals surface area (Å²) in [7, 11) is 0. The highest BCUT2D eigenvalue weighted by Crippen LogP contribution is 2.37. The maximum atomic E-state index is 12.2. The fraction of sp³-hybridized carbons (Fsp3) is 0.533. The average Bonchev–Trinajstić information content (AvgIpc) is 2.81. The van der Waals surface area contributed by atoms with Crippen molar-refractivity contribution in [2.75, 3.05) is 19.6 Å². The third-order valence-corrected chi connectivity index (χ3v) is 4.67. The van der Waals surface area contributed by atoms with Gasteiger partial charge in [-0.05, 0) is 30.2 Å². The lowest BCUT2D eigenvalue weighted by atomic mass is 9.85. The zero-order chi connectivity index (χ0) is 13.6. The van der Waals surface area contributed by atoms with E-state index >= 15 is 0 Å². The fourth-order valence-corrected chi connectivity index (χ4v) is 3.60. The first-order chi connectivity index (χ1) is 9.13. The van der Waals surface area contributed by atoms with E-state index in [1.165, 1.54) is 5.56 Å². The second kappa shape index (κ2) is 5.92. The highest BCUT2D eigenvalue weighted by atomic mass is 35.5. The van der Waals surface area contributed by atoms with E-state index in [1.54, 1.807) is 0 Å². The van der Waals surface area contributed by atoms with Gasteiger partial charge in [0.25, 0.3) is 5.91 Å². The summed E-state index contributed by atoms with van der Waals surface area (Å²) in [6.07, 6.45) is 0.948. The number of amides is 1. The summed E-state index contributed by atoms with van der Waals surface area (Å²) in [5.74, 6) is 0.374. The van der Waals surface area contributed by atoms with Gasteiger partial charge in [-0.2, -0.15) is 0 Å².